The van der Waals surface area contributed by atoms with Crippen molar-refractivity contribution in [3.8, 4) is 0 Å². The van der Waals surface area contributed by atoms with Crippen LogP contribution in [0.3, 0.4) is 0 Å². The summed E-state index contributed by atoms with van der Waals surface area (Å²) in [7, 11) is 1.89. The van der Waals surface area contributed by atoms with Crippen LogP contribution in [0.2, 0.25) is 0 Å². The largest absolute Gasteiger partial charge is 0.356 e. The Hall–Kier alpha value is -3.09. The Morgan fingerprint density at radius 1 is 1.13 bits per heavy atom. The van der Waals surface area contributed by atoms with Gasteiger partial charge in [0.2, 0.25) is 0 Å². The number of fused-ring (bicyclic) bond motifs is 1. The molecule has 1 aliphatic heterocycles. The SMILES string of the molecule is CC/C=c1\c(=C(C)C)cc(N2CCCN(c3ccn4nccc4n3)CC2)n(C)c1=O. The molecular weight excluding hydrogens is 376 g/mol. The summed E-state index contributed by atoms with van der Waals surface area (Å²) in [5.74, 6) is 1.97. The molecule has 4 heterocycles. The van der Waals surface area contributed by atoms with Crippen LogP contribution in [-0.4, -0.2) is 45.3 Å². The fourth-order valence-electron chi connectivity index (χ4n) is 4.18. The normalized spacial score (nSPS) is 15.7. The van der Waals surface area contributed by atoms with Crippen LogP contribution in [0.5, 0.6) is 0 Å². The average molecular weight is 407 g/mol. The standard InChI is InChI=1S/C23H30N6O/c1-5-7-18-19(17(2)3)16-22(26(4)23(18)30)28-12-6-11-27(14-15-28)20-9-13-29-21(25-20)8-10-24-29/h7-10,13,16H,5-6,11-12,14-15H2,1-4H3/b18-7+. The van der Waals surface area contributed by atoms with Crippen LogP contribution in [0.1, 0.15) is 33.6 Å². The van der Waals surface area contributed by atoms with E-state index in [-0.39, 0.29) is 5.56 Å². The Bertz CT molecular complexity index is 1230. The van der Waals surface area contributed by atoms with Gasteiger partial charge in [-0.2, -0.15) is 5.10 Å². The molecule has 0 spiro atoms. The van der Waals surface area contributed by atoms with Crippen LogP contribution in [-0.2, 0) is 7.05 Å². The number of anilines is 2. The summed E-state index contributed by atoms with van der Waals surface area (Å²) >= 11 is 0. The molecule has 0 bridgehead atoms. The van der Waals surface area contributed by atoms with Gasteiger partial charge >= 0.3 is 0 Å². The van der Waals surface area contributed by atoms with Gasteiger partial charge < -0.3 is 9.80 Å². The molecule has 0 atom stereocenters. The number of rotatable bonds is 3. The van der Waals surface area contributed by atoms with Crippen LogP contribution in [0, 0.1) is 0 Å². The fourth-order valence-corrected chi connectivity index (χ4v) is 4.18. The first-order valence-corrected chi connectivity index (χ1v) is 10.7. The third-order valence-corrected chi connectivity index (χ3v) is 5.78. The molecule has 0 saturated carbocycles. The summed E-state index contributed by atoms with van der Waals surface area (Å²) in [5.41, 5.74) is 2.11. The summed E-state index contributed by atoms with van der Waals surface area (Å²) in [6.07, 6.45) is 7.62. The summed E-state index contributed by atoms with van der Waals surface area (Å²) in [5, 5.41) is 6.10. The summed E-state index contributed by atoms with van der Waals surface area (Å²) in [6.45, 7) is 9.78. The lowest BCUT2D eigenvalue weighted by Crippen LogP contribution is -2.47. The zero-order valence-electron chi connectivity index (χ0n) is 18.3. The van der Waals surface area contributed by atoms with E-state index >= 15 is 0 Å². The van der Waals surface area contributed by atoms with Gasteiger partial charge in [0, 0.05) is 50.7 Å². The zero-order chi connectivity index (χ0) is 21.3. The van der Waals surface area contributed by atoms with Gasteiger partial charge in [-0.05, 0) is 44.0 Å². The van der Waals surface area contributed by atoms with Crippen molar-refractivity contribution in [1.29, 1.82) is 0 Å². The van der Waals surface area contributed by atoms with Crippen molar-refractivity contribution in [1.82, 2.24) is 19.2 Å². The first-order chi connectivity index (χ1) is 14.5. The van der Waals surface area contributed by atoms with Crippen molar-refractivity contribution < 1.29 is 0 Å². The number of nitrogens with zero attached hydrogens (tertiary/aromatic N) is 6. The average Bonchev–Trinajstić information content (AvgIpc) is 3.07. The minimum atomic E-state index is 0.0829. The van der Waals surface area contributed by atoms with Crippen molar-refractivity contribution >= 4 is 28.9 Å². The molecule has 0 aromatic carbocycles. The Balaban J connectivity index is 1.65. The van der Waals surface area contributed by atoms with E-state index in [0.717, 1.165) is 66.7 Å². The second-order valence-electron chi connectivity index (χ2n) is 8.05. The van der Waals surface area contributed by atoms with Gasteiger partial charge in [0.1, 0.15) is 11.6 Å². The van der Waals surface area contributed by atoms with Gasteiger partial charge in [0.05, 0.1) is 6.20 Å². The van der Waals surface area contributed by atoms with Crippen molar-refractivity contribution in [2.45, 2.75) is 33.6 Å². The van der Waals surface area contributed by atoms with E-state index in [2.05, 4.69) is 41.7 Å². The molecule has 30 heavy (non-hydrogen) atoms. The maximum absolute atomic E-state index is 13.1. The molecule has 3 aromatic heterocycles. The smallest absolute Gasteiger partial charge is 0.259 e. The van der Waals surface area contributed by atoms with Crippen LogP contribution < -0.4 is 25.8 Å². The lowest BCUT2D eigenvalue weighted by atomic mass is 10.1. The second-order valence-corrected chi connectivity index (χ2v) is 8.05. The highest BCUT2D eigenvalue weighted by atomic mass is 16.1. The van der Waals surface area contributed by atoms with Gasteiger partial charge in [-0.25, -0.2) is 9.50 Å². The van der Waals surface area contributed by atoms with Crippen LogP contribution in [0.15, 0.2) is 35.4 Å². The van der Waals surface area contributed by atoms with E-state index < -0.39 is 0 Å². The monoisotopic (exact) mass is 406 g/mol. The summed E-state index contributed by atoms with van der Waals surface area (Å²) in [6, 6.07) is 6.13. The van der Waals surface area contributed by atoms with E-state index in [4.69, 9.17) is 4.98 Å². The molecular formula is C23H30N6O. The number of aromatic nitrogens is 4. The lowest BCUT2D eigenvalue weighted by molar-refractivity contribution is 0.738. The highest BCUT2D eigenvalue weighted by Crippen LogP contribution is 2.18. The van der Waals surface area contributed by atoms with Crippen LogP contribution in [0.25, 0.3) is 17.3 Å². The number of hydrogen-bond acceptors (Lipinski definition) is 5. The maximum atomic E-state index is 13.1. The number of pyridine rings is 1. The summed E-state index contributed by atoms with van der Waals surface area (Å²) < 4.78 is 3.59. The van der Waals surface area contributed by atoms with Gasteiger partial charge in [-0.1, -0.05) is 18.6 Å². The first-order valence-electron chi connectivity index (χ1n) is 10.7. The second kappa shape index (κ2) is 8.34. The molecule has 7 nitrogen and oxygen atoms in total. The van der Waals surface area contributed by atoms with Gasteiger partial charge in [0.15, 0.2) is 5.65 Å². The van der Waals surface area contributed by atoms with E-state index in [1.807, 2.05) is 31.5 Å². The molecule has 4 rings (SSSR count). The fraction of sp³-hybridized carbons (Fsp3) is 0.435. The highest BCUT2D eigenvalue weighted by Gasteiger charge is 2.19. The molecule has 0 radical (unpaired) electrons. The minimum Gasteiger partial charge on any atom is -0.356 e. The van der Waals surface area contributed by atoms with Gasteiger partial charge in [-0.3, -0.25) is 9.36 Å². The molecule has 0 unspecified atom stereocenters. The molecule has 158 valence electrons. The third kappa shape index (κ3) is 3.72. The van der Waals surface area contributed by atoms with Crippen molar-refractivity contribution in [2.75, 3.05) is 36.0 Å². The summed E-state index contributed by atoms with van der Waals surface area (Å²) in [4.78, 5) is 22.5. The Morgan fingerprint density at radius 2 is 1.90 bits per heavy atom. The molecule has 0 amide bonds. The van der Waals surface area contributed by atoms with Crippen molar-refractivity contribution in [3.63, 3.8) is 0 Å². The number of hydrogen-bond donors (Lipinski definition) is 0. The van der Waals surface area contributed by atoms with E-state index in [0.29, 0.717) is 0 Å². The quantitative estimate of drug-likeness (QED) is 0.660. The lowest BCUT2D eigenvalue weighted by Gasteiger charge is -2.26. The van der Waals surface area contributed by atoms with E-state index in [1.165, 1.54) is 5.57 Å². The predicted octanol–water partition coefficient (Wildman–Crippen LogP) is 1.53. The first kappa shape index (κ1) is 20.2. The molecule has 1 saturated heterocycles. The Kier molecular flexibility index (Phi) is 5.61. The predicted molar refractivity (Wildman–Crippen MR) is 122 cm³/mol. The zero-order valence-corrected chi connectivity index (χ0v) is 18.3. The molecule has 0 aliphatic carbocycles. The highest BCUT2D eigenvalue weighted by molar-refractivity contribution is 5.51. The Morgan fingerprint density at radius 3 is 2.67 bits per heavy atom. The van der Waals surface area contributed by atoms with Gasteiger partial charge in [-0.15, -0.1) is 0 Å². The van der Waals surface area contributed by atoms with E-state index in [9.17, 15) is 4.79 Å². The minimum absolute atomic E-state index is 0.0829. The van der Waals surface area contributed by atoms with Gasteiger partial charge in [0.25, 0.3) is 5.56 Å². The van der Waals surface area contributed by atoms with E-state index in [1.54, 1.807) is 15.3 Å². The molecule has 1 aliphatic rings. The van der Waals surface area contributed by atoms with Crippen LogP contribution in [0.4, 0.5) is 11.6 Å². The van der Waals surface area contributed by atoms with Crippen molar-refractivity contribution in [2.24, 2.45) is 7.05 Å². The molecule has 7 heteroatoms. The third-order valence-electron chi connectivity index (χ3n) is 5.78. The Labute approximate surface area is 176 Å². The topological polar surface area (TPSA) is 58.7 Å². The van der Waals surface area contributed by atoms with Crippen molar-refractivity contribution in [3.05, 3.63) is 51.4 Å². The molecule has 0 N–H and O–H groups in total. The molecule has 3 aromatic rings. The molecule has 1 fully saturated rings. The maximum Gasteiger partial charge on any atom is 0.259 e. The van der Waals surface area contributed by atoms with Crippen LogP contribution >= 0.6 is 0 Å².